The van der Waals surface area contributed by atoms with Gasteiger partial charge in [-0.15, -0.1) is 0 Å². The van der Waals surface area contributed by atoms with Crippen molar-refractivity contribution in [3.63, 3.8) is 0 Å². The van der Waals surface area contributed by atoms with E-state index in [-0.39, 0.29) is 0 Å². The van der Waals surface area contributed by atoms with Crippen molar-refractivity contribution in [1.29, 1.82) is 0 Å². The summed E-state index contributed by atoms with van der Waals surface area (Å²) >= 11 is 6.10. The fourth-order valence-corrected chi connectivity index (χ4v) is 1.90. The van der Waals surface area contributed by atoms with Crippen molar-refractivity contribution >= 4 is 11.6 Å². The number of hydrogen-bond donors (Lipinski definition) is 0. The van der Waals surface area contributed by atoms with E-state index in [1.165, 1.54) is 29.9 Å². The molecule has 1 fully saturated rings. The Morgan fingerprint density at radius 2 is 2.00 bits per heavy atom. The second kappa shape index (κ2) is 3.34. The molecule has 0 unspecified atom stereocenters. The third-order valence-electron chi connectivity index (χ3n) is 2.58. The molecule has 0 N–H and O–H groups in total. The van der Waals surface area contributed by atoms with Gasteiger partial charge in [0.1, 0.15) is 0 Å². The molecule has 0 amide bonds. The molecule has 0 atom stereocenters. The number of hydrogen-bond acceptors (Lipinski definition) is 0. The highest BCUT2D eigenvalue weighted by atomic mass is 35.5. The Bertz CT molecular complexity index is 311. The lowest BCUT2D eigenvalue weighted by Gasteiger charge is -2.09. The van der Waals surface area contributed by atoms with Crippen LogP contribution >= 0.6 is 11.6 Å². The minimum Gasteiger partial charge on any atom is -0.0840 e. The quantitative estimate of drug-likeness (QED) is 0.661. The van der Waals surface area contributed by atoms with E-state index in [0.29, 0.717) is 0 Å². The molecular weight excluding hydrogens is 180 g/mol. The highest BCUT2D eigenvalue weighted by Crippen LogP contribution is 2.41. The summed E-state index contributed by atoms with van der Waals surface area (Å²) in [6.45, 7) is 4.22. The molecule has 1 aromatic rings. The zero-order valence-corrected chi connectivity index (χ0v) is 8.86. The van der Waals surface area contributed by atoms with Crippen LogP contribution in [0.25, 0.3) is 0 Å². The van der Waals surface area contributed by atoms with E-state index in [9.17, 15) is 0 Å². The van der Waals surface area contributed by atoms with Gasteiger partial charge in [-0.1, -0.05) is 37.6 Å². The molecule has 1 saturated carbocycles. The van der Waals surface area contributed by atoms with Crippen molar-refractivity contribution in [3.05, 3.63) is 40.3 Å². The predicted octanol–water partition coefficient (Wildman–Crippen LogP) is 4.18. The lowest BCUT2D eigenvalue weighted by molar-refractivity contribution is 1.09. The minimum atomic E-state index is 0.815. The molecule has 0 nitrogen and oxygen atoms in total. The number of halogens is 1. The molecule has 0 spiro atoms. The van der Waals surface area contributed by atoms with Crippen LogP contribution < -0.4 is 0 Å². The van der Waals surface area contributed by atoms with Gasteiger partial charge in [0.15, 0.2) is 0 Å². The predicted molar refractivity (Wildman–Crippen MR) is 57.1 cm³/mol. The third-order valence-corrected chi connectivity index (χ3v) is 2.91. The second-order valence-corrected chi connectivity index (χ2v) is 4.42. The molecule has 0 heterocycles. The van der Waals surface area contributed by atoms with Gasteiger partial charge in [-0.25, -0.2) is 0 Å². The van der Waals surface area contributed by atoms with Gasteiger partial charge in [-0.05, 0) is 36.0 Å². The van der Waals surface area contributed by atoms with Crippen LogP contribution in [0.2, 0.25) is 5.02 Å². The van der Waals surface area contributed by atoms with Gasteiger partial charge in [0.2, 0.25) is 0 Å². The molecular formula is C12H14Cl. The van der Waals surface area contributed by atoms with Crippen LogP contribution in [-0.2, 0) is 0 Å². The maximum atomic E-state index is 6.10. The van der Waals surface area contributed by atoms with Crippen LogP contribution in [0, 0.1) is 5.92 Å². The van der Waals surface area contributed by atoms with Gasteiger partial charge in [0.25, 0.3) is 0 Å². The lowest BCUT2D eigenvalue weighted by Crippen LogP contribution is -1.91. The molecule has 1 aromatic carbocycles. The van der Waals surface area contributed by atoms with E-state index in [0.717, 1.165) is 10.9 Å². The molecule has 0 bridgehead atoms. The van der Waals surface area contributed by atoms with Gasteiger partial charge in [-0.2, -0.15) is 0 Å². The van der Waals surface area contributed by atoms with Crippen molar-refractivity contribution < 1.29 is 0 Å². The first-order valence-electron chi connectivity index (χ1n) is 4.78. The summed E-state index contributed by atoms with van der Waals surface area (Å²) in [5.74, 6) is 2.11. The van der Waals surface area contributed by atoms with Crippen LogP contribution in [0.3, 0.4) is 0 Å². The molecule has 2 rings (SSSR count). The van der Waals surface area contributed by atoms with Gasteiger partial charge in [-0.3, -0.25) is 0 Å². The van der Waals surface area contributed by atoms with E-state index in [1.54, 1.807) is 0 Å². The van der Waals surface area contributed by atoms with Gasteiger partial charge >= 0.3 is 0 Å². The normalized spacial score (nSPS) is 16.6. The third kappa shape index (κ3) is 1.88. The fourth-order valence-electron chi connectivity index (χ4n) is 1.60. The average Bonchev–Trinajstić information content (AvgIpc) is 2.87. The molecule has 1 aliphatic carbocycles. The Balaban J connectivity index is 2.36. The maximum Gasteiger partial charge on any atom is 0.0443 e. The number of benzene rings is 1. The Morgan fingerprint density at radius 3 is 2.54 bits per heavy atom. The summed E-state index contributed by atoms with van der Waals surface area (Å²) in [5.41, 5.74) is 2.67. The summed E-state index contributed by atoms with van der Waals surface area (Å²) in [6, 6.07) is 6.43. The van der Waals surface area contributed by atoms with Crippen molar-refractivity contribution in [1.82, 2.24) is 0 Å². The van der Waals surface area contributed by atoms with E-state index >= 15 is 0 Å². The summed E-state index contributed by atoms with van der Waals surface area (Å²) in [5, 5.41) is 0.879. The smallest absolute Gasteiger partial charge is 0.0443 e. The summed E-state index contributed by atoms with van der Waals surface area (Å²) in [4.78, 5) is 0. The zero-order valence-electron chi connectivity index (χ0n) is 8.10. The largest absolute Gasteiger partial charge is 0.0840 e. The summed E-state index contributed by atoms with van der Waals surface area (Å²) < 4.78 is 0. The fraction of sp³-hybridized carbons (Fsp3) is 0.417. The van der Waals surface area contributed by atoms with Gasteiger partial charge < -0.3 is 0 Å². The molecule has 13 heavy (non-hydrogen) atoms. The molecule has 0 aromatic heterocycles. The van der Waals surface area contributed by atoms with Crippen molar-refractivity contribution in [2.75, 3.05) is 0 Å². The molecule has 1 radical (unpaired) electrons. The maximum absolute atomic E-state index is 6.10. The Kier molecular flexibility index (Phi) is 2.33. The van der Waals surface area contributed by atoms with Gasteiger partial charge in [0.05, 0.1) is 0 Å². The second-order valence-electron chi connectivity index (χ2n) is 4.01. The topological polar surface area (TPSA) is 0 Å². The standard InChI is InChI=1S/C12H14Cl/c1-8(2)11-7-10(9-3-4-9)5-6-12(11)13/h5-7,9H,3-4H2,1-2H3. The van der Waals surface area contributed by atoms with Gasteiger partial charge in [0, 0.05) is 10.9 Å². The van der Waals surface area contributed by atoms with Crippen LogP contribution in [0.1, 0.15) is 43.7 Å². The Labute approximate surface area is 84.9 Å². The van der Waals surface area contributed by atoms with E-state index in [1.807, 2.05) is 6.07 Å². The monoisotopic (exact) mass is 193 g/mol. The molecule has 1 aliphatic rings. The van der Waals surface area contributed by atoms with E-state index < -0.39 is 0 Å². The first kappa shape index (κ1) is 9.08. The van der Waals surface area contributed by atoms with Crippen LogP contribution in [0.4, 0.5) is 0 Å². The summed E-state index contributed by atoms with van der Waals surface area (Å²) in [6.07, 6.45) is 2.70. The average molecular weight is 194 g/mol. The van der Waals surface area contributed by atoms with Crippen LogP contribution in [0.5, 0.6) is 0 Å². The van der Waals surface area contributed by atoms with Crippen molar-refractivity contribution in [2.24, 2.45) is 0 Å². The molecule has 0 aliphatic heterocycles. The molecule has 69 valence electrons. The highest BCUT2D eigenvalue weighted by molar-refractivity contribution is 6.31. The number of rotatable bonds is 2. The van der Waals surface area contributed by atoms with Crippen LogP contribution in [0.15, 0.2) is 18.2 Å². The van der Waals surface area contributed by atoms with Crippen LogP contribution in [-0.4, -0.2) is 0 Å². The molecule has 1 heteroatoms. The SMILES string of the molecule is C[C](C)c1cc(C2CC2)ccc1Cl. The molecule has 0 saturated heterocycles. The lowest BCUT2D eigenvalue weighted by atomic mass is 9.99. The van der Waals surface area contributed by atoms with Crippen molar-refractivity contribution in [3.8, 4) is 0 Å². The summed E-state index contributed by atoms with van der Waals surface area (Å²) in [7, 11) is 0. The Morgan fingerprint density at radius 1 is 1.31 bits per heavy atom. The zero-order chi connectivity index (χ0) is 9.42. The minimum absolute atomic E-state index is 0.815. The van der Waals surface area contributed by atoms with E-state index in [4.69, 9.17) is 11.6 Å². The van der Waals surface area contributed by atoms with Crippen molar-refractivity contribution in [2.45, 2.75) is 32.6 Å². The Hall–Kier alpha value is -0.490. The van der Waals surface area contributed by atoms with E-state index in [2.05, 4.69) is 26.0 Å². The first-order chi connectivity index (χ1) is 6.18. The first-order valence-corrected chi connectivity index (χ1v) is 5.16. The highest BCUT2D eigenvalue weighted by Gasteiger charge is 2.24.